The summed E-state index contributed by atoms with van der Waals surface area (Å²) in [6.07, 6.45) is 1.19. The Kier molecular flexibility index (Phi) is 0.975. The largest absolute Gasteiger partial charge is 0.461 e. The van der Waals surface area contributed by atoms with Crippen LogP contribution in [0.5, 0.6) is 0 Å². The van der Waals surface area contributed by atoms with Crippen molar-refractivity contribution >= 4 is 11.9 Å². The summed E-state index contributed by atoms with van der Waals surface area (Å²) in [4.78, 5) is 22.4. The van der Waals surface area contributed by atoms with Gasteiger partial charge in [-0.05, 0) is 12.8 Å². The van der Waals surface area contributed by atoms with Crippen LogP contribution in [0.3, 0.4) is 0 Å². The lowest BCUT2D eigenvalue weighted by Crippen LogP contribution is -2.30. The highest BCUT2D eigenvalue weighted by atomic mass is 16.6. The lowest BCUT2D eigenvalue weighted by atomic mass is 9.80. The molecule has 2 saturated heterocycles. The molecule has 4 bridgehead atoms. The Labute approximate surface area is 68.8 Å². The quantitative estimate of drug-likeness (QED) is 0.472. The van der Waals surface area contributed by atoms with Gasteiger partial charge in [-0.1, -0.05) is 0 Å². The third kappa shape index (κ3) is 0.552. The van der Waals surface area contributed by atoms with E-state index in [0.717, 1.165) is 12.8 Å². The van der Waals surface area contributed by atoms with Crippen LogP contribution in [0, 0.1) is 11.8 Å². The molecule has 0 aromatic rings. The minimum atomic E-state index is -0.281. The molecule has 3 rings (SSSR count). The fraction of sp³-hybridized carbons (Fsp3) is 0.750. The van der Waals surface area contributed by atoms with Gasteiger partial charge in [-0.25, -0.2) is 0 Å². The van der Waals surface area contributed by atoms with Crippen LogP contribution in [0.25, 0.3) is 0 Å². The molecular formula is C8H8O4. The molecule has 4 unspecified atom stereocenters. The molecule has 0 radical (unpaired) electrons. The second-order valence-corrected chi connectivity index (χ2v) is 3.58. The van der Waals surface area contributed by atoms with Crippen LogP contribution in [0.15, 0.2) is 0 Å². The van der Waals surface area contributed by atoms with E-state index in [4.69, 9.17) is 9.47 Å². The topological polar surface area (TPSA) is 52.6 Å². The van der Waals surface area contributed by atoms with Crippen molar-refractivity contribution in [1.29, 1.82) is 0 Å². The molecule has 0 aromatic heterocycles. The maximum absolute atomic E-state index is 11.2. The summed E-state index contributed by atoms with van der Waals surface area (Å²) in [6, 6.07) is 0. The normalized spacial score (nSPS) is 49.0. The second-order valence-electron chi connectivity index (χ2n) is 3.58. The molecule has 12 heavy (non-hydrogen) atoms. The van der Waals surface area contributed by atoms with E-state index in [1.807, 2.05) is 0 Å². The first-order valence-electron chi connectivity index (χ1n) is 4.18. The number of esters is 2. The van der Waals surface area contributed by atoms with Crippen LogP contribution in [0.2, 0.25) is 0 Å². The van der Waals surface area contributed by atoms with Crippen LogP contribution < -0.4 is 0 Å². The average Bonchev–Trinajstić information content (AvgIpc) is 2.42. The second kappa shape index (κ2) is 1.81. The molecule has 1 aliphatic carbocycles. The Morgan fingerprint density at radius 3 is 1.75 bits per heavy atom. The van der Waals surface area contributed by atoms with Gasteiger partial charge in [-0.15, -0.1) is 0 Å². The van der Waals surface area contributed by atoms with E-state index >= 15 is 0 Å². The molecule has 3 fully saturated rings. The first kappa shape index (κ1) is 6.46. The first-order valence-corrected chi connectivity index (χ1v) is 4.18. The van der Waals surface area contributed by atoms with E-state index in [1.54, 1.807) is 0 Å². The van der Waals surface area contributed by atoms with Gasteiger partial charge in [-0.3, -0.25) is 9.59 Å². The molecule has 4 heteroatoms. The highest BCUT2D eigenvalue weighted by molar-refractivity contribution is 5.89. The van der Waals surface area contributed by atoms with E-state index in [-0.39, 0.29) is 36.0 Å². The SMILES string of the molecule is O=C1OC2CCC3OC(=O)C2C13. The van der Waals surface area contributed by atoms with Crippen LogP contribution in [0.4, 0.5) is 0 Å². The van der Waals surface area contributed by atoms with E-state index < -0.39 is 0 Å². The number of ether oxygens (including phenoxy) is 2. The van der Waals surface area contributed by atoms with Gasteiger partial charge in [-0.2, -0.15) is 0 Å². The van der Waals surface area contributed by atoms with Crippen molar-refractivity contribution in [3.8, 4) is 0 Å². The smallest absolute Gasteiger partial charge is 0.314 e. The van der Waals surface area contributed by atoms with Gasteiger partial charge in [0.2, 0.25) is 0 Å². The maximum Gasteiger partial charge on any atom is 0.314 e. The lowest BCUT2D eigenvalue weighted by molar-refractivity contribution is -0.150. The Bertz CT molecular complexity index is 244. The summed E-state index contributed by atoms with van der Waals surface area (Å²) in [5.74, 6) is -1.04. The van der Waals surface area contributed by atoms with Crippen molar-refractivity contribution in [2.75, 3.05) is 0 Å². The molecule has 4 atom stereocenters. The third-order valence-electron chi connectivity index (χ3n) is 3.00. The van der Waals surface area contributed by atoms with Crippen LogP contribution >= 0.6 is 0 Å². The predicted octanol–water partition coefficient (Wildman–Crippen LogP) is -0.137. The lowest BCUT2D eigenvalue weighted by Gasteiger charge is -2.16. The van der Waals surface area contributed by atoms with Crippen molar-refractivity contribution < 1.29 is 19.1 Å². The zero-order valence-electron chi connectivity index (χ0n) is 6.36. The monoisotopic (exact) mass is 168 g/mol. The Hall–Kier alpha value is -1.06. The van der Waals surface area contributed by atoms with Gasteiger partial charge in [0.15, 0.2) is 0 Å². The molecule has 64 valence electrons. The highest BCUT2D eigenvalue weighted by Crippen LogP contribution is 2.46. The van der Waals surface area contributed by atoms with E-state index in [0.29, 0.717) is 0 Å². The molecule has 0 amide bonds. The number of carbonyl (C=O) groups excluding carboxylic acids is 2. The summed E-state index contributed by atoms with van der Waals surface area (Å²) in [7, 11) is 0. The van der Waals surface area contributed by atoms with Crippen LogP contribution in [0.1, 0.15) is 12.8 Å². The van der Waals surface area contributed by atoms with Gasteiger partial charge in [0, 0.05) is 0 Å². The van der Waals surface area contributed by atoms with Crippen molar-refractivity contribution in [3.05, 3.63) is 0 Å². The van der Waals surface area contributed by atoms with Gasteiger partial charge >= 0.3 is 11.9 Å². The van der Waals surface area contributed by atoms with Crippen molar-refractivity contribution in [3.63, 3.8) is 0 Å². The first-order chi connectivity index (χ1) is 5.77. The molecule has 0 aromatic carbocycles. The van der Waals surface area contributed by atoms with Crippen molar-refractivity contribution in [1.82, 2.24) is 0 Å². The van der Waals surface area contributed by atoms with E-state index in [1.165, 1.54) is 0 Å². The van der Waals surface area contributed by atoms with Gasteiger partial charge in [0.25, 0.3) is 0 Å². The molecule has 2 aliphatic heterocycles. The predicted molar refractivity (Wildman–Crippen MR) is 36.0 cm³/mol. The summed E-state index contributed by atoms with van der Waals surface area (Å²) >= 11 is 0. The minimum absolute atomic E-state index is 0.186. The minimum Gasteiger partial charge on any atom is -0.461 e. The third-order valence-corrected chi connectivity index (χ3v) is 3.00. The van der Waals surface area contributed by atoms with Crippen molar-refractivity contribution in [2.24, 2.45) is 11.8 Å². The summed E-state index contributed by atoms with van der Waals surface area (Å²) in [5.41, 5.74) is 0. The van der Waals surface area contributed by atoms with E-state index in [2.05, 4.69) is 0 Å². The van der Waals surface area contributed by atoms with Crippen molar-refractivity contribution in [2.45, 2.75) is 25.0 Å². The number of hydrogen-bond acceptors (Lipinski definition) is 4. The summed E-state index contributed by atoms with van der Waals surface area (Å²) < 4.78 is 10.1. The number of hydrogen-bond donors (Lipinski definition) is 0. The van der Waals surface area contributed by atoms with Crippen LogP contribution in [-0.2, 0) is 19.1 Å². The van der Waals surface area contributed by atoms with Gasteiger partial charge in [0.1, 0.15) is 24.0 Å². The number of rotatable bonds is 0. The number of carbonyl (C=O) groups is 2. The molecule has 3 aliphatic rings. The fourth-order valence-electron chi connectivity index (χ4n) is 2.47. The average molecular weight is 168 g/mol. The Morgan fingerprint density at radius 1 is 0.917 bits per heavy atom. The zero-order chi connectivity index (χ0) is 8.29. The van der Waals surface area contributed by atoms with Gasteiger partial charge < -0.3 is 9.47 Å². The molecular weight excluding hydrogens is 160 g/mol. The fourth-order valence-corrected chi connectivity index (χ4v) is 2.47. The zero-order valence-corrected chi connectivity index (χ0v) is 6.36. The molecule has 0 N–H and O–H groups in total. The standard InChI is InChI=1S/C8H8O4/c9-7-5-3-1-2-4(12-7)6(5)8(10)11-3/h3-6H,1-2H2. The molecule has 1 saturated carbocycles. The van der Waals surface area contributed by atoms with Gasteiger partial charge in [0.05, 0.1) is 0 Å². The molecule has 0 spiro atoms. The summed E-state index contributed by atoms with van der Waals surface area (Å²) in [6.45, 7) is 0. The van der Waals surface area contributed by atoms with Crippen LogP contribution in [-0.4, -0.2) is 24.1 Å². The highest BCUT2D eigenvalue weighted by Gasteiger charge is 2.61. The summed E-state index contributed by atoms with van der Waals surface area (Å²) in [5, 5.41) is 0. The maximum atomic E-state index is 11.2. The Morgan fingerprint density at radius 2 is 1.33 bits per heavy atom. The Balaban J connectivity index is 2.08. The molecule has 4 nitrogen and oxygen atoms in total. The van der Waals surface area contributed by atoms with E-state index in [9.17, 15) is 9.59 Å². The molecule has 2 heterocycles.